The molecule has 1 rings (SSSR count). The van der Waals surface area contributed by atoms with Crippen LogP contribution in [0.5, 0.6) is 0 Å². The standard InChI is InChI=1S/C9H15NO/c1-8(2,3)7-6-9(4,5)11-10-7/h4-6H2,1-3H3. The van der Waals surface area contributed by atoms with Crippen LogP contribution in [0.1, 0.15) is 27.2 Å². The molecule has 0 amide bonds. The molecule has 0 bridgehead atoms. The number of rotatable bonds is 0. The molecule has 0 aromatic carbocycles. The smallest absolute Gasteiger partial charge is 0.143 e. The van der Waals surface area contributed by atoms with Gasteiger partial charge >= 0.3 is 0 Å². The lowest BCUT2D eigenvalue weighted by Gasteiger charge is -2.18. The number of nitrogens with zero attached hydrogens (tertiary/aromatic N) is 1. The van der Waals surface area contributed by atoms with Gasteiger partial charge in [-0.2, -0.15) is 0 Å². The van der Waals surface area contributed by atoms with Gasteiger partial charge in [0.2, 0.25) is 0 Å². The lowest BCUT2D eigenvalue weighted by Crippen LogP contribution is -2.25. The normalized spacial score (nSPS) is 22.8. The van der Waals surface area contributed by atoms with Gasteiger partial charge in [0.05, 0.1) is 5.71 Å². The third-order valence-electron chi connectivity index (χ3n) is 1.70. The van der Waals surface area contributed by atoms with E-state index in [9.17, 15) is 0 Å². The minimum Gasteiger partial charge on any atom is -0.389 e. The van der Waals surface area contributed by atoms with E-state index in [1.165, 1.54) is 0 Å². The number of hydrogen-bond donors (Lipinski definition) is 0. The van der Waals surface area contributed by atoms with Gasteiger partial charge in [-0.05, 0) is 13.8 Å². The fraction of sp³-hybridized carbons (Fsp3) is 0.667. The van der Waals surface area contributed by atoms with Crippen LogP contribution in [0.4, 0.5) is 0 Å². The first-order valence-electron chi connectivity index (χ1n) is 3.77. The topological polar surface area (TPSA) is 21.6 Å². The van der Waals surface area contributed by atoms with Crippen LogP contribution in [0.15, 0.2) is 5.16 Å². The first kappa shape index (κ1) is 8.57. The van der Waals surface area contributed by atoms with Gasteiger partial charge in [0.15, 0.2) is 0 Å². The molecule has 0 unspecified atom stereocenters. The van der Waals surface area contributed by atoms with Gasteiger partial charge in [0.1, 0.15) is 5.60 Å². The summed E-state index contributed by atoms with van der Waals surface area (Å²) in [5.74, 6) is 0. The number of hydrogen-bond acceptors (Lipinski definition) is 2. The van der Waals surface area contributed by atoms with Crippen molar-refractivity contribution in [2.45, 2.75) is 32.8 Å². The summed E-state index contributed by atoms with van der Waals surface area (Å²) in [4.78, 5) is 5.05. The van der Waals surface area contributed by atoms with Crippen molar-refractivity contribution < 1.29 is 4.84 Å². The zero-order chi connectivity index (χ0) is 8.70. The van der Waals surface area contributed by atoms with E-state index in [0.717, 1.165) is 12.1 Å². The minimum atomic E-state index is -0.581. The second-order valence-electron chi connectivity index (χ2n) is 4.24. The molecule has 0 aliphatic carbocycles. The molecule has 2 heteroatoms. The number of oxime groups is 1. The van der Waals surface area contributed by atoms with Crippen molar-refractivity contribution >= 4 is 5.71 Å². The van der Waals surface area contributed by atoms with Crippen molar-refractivity contribution in [3.05, 3.63) is 13.8 Å². The second-order valence-corrected chi connectivity index (χ2v) is 4.24. The van der Waals surface area contributed by atoms with Crippen molar-refractivity contribution in [3.63, 3.8) is 0 Å². The second kappa shape index (κ2) is 2.23. The molecule has 2 radical (unpaired) electrons. The first-order chi connectivity index (χ1) is 4.81. The largest absolute Gasteiger partial charge is 0.389 e. The molecular formula is C9H15NO. The zero-order valence-corrected chi connectivity index (χ0v) is 7.48. The Hall–Kier alpha value is -0.530. The van der Waals surface area contributed by atoms with Gasteiger partial charge in [0.25, 0.3) is 0 Å². The van der Waals surface area contributed by atoms with Crippen LogP contribution >= 0.6 is 0 Å². The van der Waals surface area contributed by atoms with Crippen LogP contribution in [0.2, 0.25) is 0 Å². The average molecular weight is 153 g/mol. The lowest BCUT2D eigenvalue weighted by molar-refractivity contribution is 0.0548. The minimum absolute atomic E-state index is 0.0805. The Morgan fingerprint density at radius 1 is 1.45 bits per heavy atom. The molecule has 62 valence electrons. The van der Waals surface area contributed by atoms with E-state index in [2.05, 4.69) is 39.8 Å². The highest BCUT2D eigenvalue weighted by atomic mass is 16.7. The molecule has 1 aliphatic rings. The summed E-state index contributed by atoms with van der Waals surface area (Å²) in [6.07, 6.45) is 0.733. The van der Waals surface area contributed by atoms with Gasteiger partial charge in [-0.25, -0.2) is 0 Å². The monoisotopic (exact) mass is 153 g/mol. The van der Waals surface area contributed by atoms with Crippen LogP contribution in [0.3, 0.4) is 0 Å². The van der Waals surface area contributed by atoms with E-state index in [-0.39, 0.29) is 5.41 Å². The molecular weight excluding hydrogens is 138 g/mol. The highest BCUT2D eigenvalue weighted by Gasteiger charge is 2.34. The predicted molar refractivity (Wildman–Crippen MR) is 46.0 cm³/mol. The first-order valence-corrected chi connectivity index (χ1v) is 3.77. The van der Waals surface area contributed by atoms with E-state index in [4.69, 9.17) is 4.84 Å². The quantitative estimate of drug-likeness (QED) is 0.523. The molecule has 0 N–H and O–H groups in total. The zero-order valence-electron chi connectivity index (χ0n) is 7.48. The summed E-state index contributed by atoms with van der Waals surface area (Å²) in [5, 5.41) is 3.95. The molecule has 0 aromatic rings. The Kier molecular flexibility index (Phi) is 1.73. The van der Waals surface area contributed by atoms with E-state index in [1.54, 1.807) is 0 Å². The fourth-order valence-corrected chi connectivity index (χ4v) is 0.924. The van der Waals surface area contributed by atoms with Crippen LogP contribution in [-0.2, 0) is 4.84 Å². The summed E-state index contributed by atoms with van der Waals surface area (Å²) >= 11 is 0. The molecule has 0 saturated heterocycles. The summed E-state index contributed by atoms with van der Waals surface area (Å²) in [7, 11) is 0. The highest BCUT2D eigenvalue weighted by Crippen LogP contribution is 2.30. The van der Waals surface area contributed by atoms with Crippen LogP contribution in [-0.4, -0.2) is 11.3 Å². The highest BCUT2D eigenvalue weighted by molar-refractivity contribution is 5.90. The summed E-state index contributed by atoms with van der Waals surface area (Å²) in [6, 6.07) is 0. The van der Waals surface area contributed by atoms with Crippen LogP contribution < -0.4 is 0 Å². The fourth-order valence-electron chi connectivity index (χ4n) is 0.924. The third kappa shape index (κ3) is 1.95. The molecule has 11 heavy (non-hydrogen) atoms. The predicted octanol–water partition coefficient (Wildman–Crippen LogP) is 2.22. The molecule has 1 aliphatic heterocycles. The summed E-state index contributed by atoms with van der Waals surface area (Å²) < 4.78 is 0. The Labute approximate surface area is 68.6 Å². The van der Waals surface area contributed by atoms with Crippen LogP contribution in [0, 0.1) is 19.3 Å². The van der Waals surface area contributed by atoms with Crippen molar-refractivity contribution in [3.8, 4) is 0 Å². The molecule has 0 aromatic heterocycles. The van der Waals surface area contributed by atoms with E-state index in [1.807, 2.05) is 0 Å². The van der Waals surface area contributed by atoms with Gasteiger partial charge in [-0.15, -0.1) is 0 Å². The van der Waals surface area contributed by atoms with Crippen LogP contribution in [0.25, 0.3) is 0 Å². The van der Waals surface area contributed by atoms with Gasteiger partial charge < -0.3 is 4.84 Å². The lowest BCUT2D eigenvalue weighted by atomic mass is 9.84. The summed E-state index contributed by atoms with van der Waals surface area (Å²) in [5.41, 5.74) is 0.544. The van der Waals surface area contributed by atoms with E-state index in [0.29, 0.717) is 0 Å². The molecule has 0 atom stereocenters. The van der Waals surface area contributed by atoms with Crippen molar-refractivity contribution in [2.75, 3.05) is 0 Å². The maximum absolute atomic E-state index is 5.05. The Morgan fingerprint density at radius 2 is 2.00 bits per heavy atom. The van der Waals surface area contributed by atoms with Crippen molar-refractivity contribution in [1.82, 2.24) is 0 Å². The third-order valence-corrected chi connectivity index (χ3v) is 1.70. The Bertz CT molecular complexity index is 186. The molecule has 1 heterocycles. The summed E-state index contributed by atoms with van der Waals surface area (Å²) in [6.45, 7) is 13.9. The Morgan fingerprint density at radius 3 is 2.18 bits per heavy atom. The van der Waals surface area contributed by atoms with Gasteiger partial charge in [0, 0.05) is 11.8 Å². The maximum Gasteiger partial charge on any atom is 0.143 e. The van der Waals surface area contributed by atoms with Crippen molar-refractivity contribution in [1.29, 1.82) is 0 Å². The van der Waals surface area contributed by atoms with E-state index < -0.39 is 5.60 Å². The Balaban J connectivity index is 2.68. The SMILES string of the molecule is [CH2]C1([CH2])CC(C(C)(C)C)=NO1. The van der Waals surface area contributed by atoms with E-state index >= 15 is 0 Å². The molecule has 0 saturated carbocycles. The average Bonchev–Trinajstić information content (AvgIpc) is 2.07. The van der Waals surface area contributed by atoms with Crippen molar-refractivity contribution in [2.24, 2.45) is 10.6 Å². The van der Waals surface area contributed by atoms with Gasteiger partial charge in [-0.1, -0.05) is 25.9 Å². The molecule has 0 spiro atoms. The maximum atomic E-state index is 5.05. The van der Waals surface area contributed by atoms with Gasteiger partial charge in [-0.3, -0.25) is 0 Å². The molecule has 2 nitrogen and oxygen atoms in total. The molecule has 0 fully saturated rings.